The molecule has 1 N–H and O–H groups in total. The molecule has 14 heavy (non-hydrogen) atoms. The van der Waals surface area contributed by atoms with Gasteiger partial charge in [-0.05, 0) is 24.7 Å². The lowest BCUT2D eigenvalue weighted by atomic mass is 9.73. The number of nitrogens with one attached hydrogen (secondary N) is 1. The van der Waals surface area contributed by atoms with Gasteiger partial charge in [-0.1, -0.05) is 26.7 Å². The van der Waals surface area contributed by atoms with Crippen molar-refractivity contribution in [1.82, 2.24) is 5.32 Å². The van der Waals surface area contributed by atoms with Crippen LogP contribution in [0.1, 0.15) is 46.0 Å². The molecule has 2 rings (SSSR count). The molecule has 2 heteroatoms. The Morgan fingerprint density at radius 2 is 2.07 bits per heavy atom. The minimum atomic E-state index is 0.487. The number of rotatable bonds is 2. The topological polar surface area (TPSA) is 21.3 Å². The number of ether oxygens (including phenoxy) is 1. The van der Waals surface area contributed by atoms with E-state index in [9.17, 15) is 0 Å². The Kier molecular flexibility index (Phi) is 3.13. The summed E-state index contributed by atoms with van der Waals surface area (Å²) in [5.74, 6) is 0. The summed E-state index contributed by atoms with van der Waals surface area (Å²) in [6.45, 7) is 6.68. The van der Waals surface area contributed by atoms with Crippen LogP contribution in [0.4, 0.5) is 0 Å². The molecule has 1 saturated heterocycles. The highest BCUT2D eigenvalue weighted by atomic mass is 16.5. The molecule has 1 heterocycles. The van der Waals surface area contributed by atoms with Crippen LogP contribution in [-0.4, -0.2) is 25.3 Å². The van der Waals surface area contributed by atoms with E-state index in [1.807, 2.05) is 0 Å². The van der Waals surface area contributed by atoms with Crippen molar-refractivity contribution in [2.24, 2.45) is 5.41 Å². The van der Waals surface area contributed by atoms with E-state index < -0.39 is 0 Å². The standard InChI is InChI=1S/C12H23NO/c1-12(2)7-4-3-5-11(12)13-10-6-8-14-9-10/h10-11,13H,3-9H2,1-2H3. The largest absolute Gasteiger partial charge is 0.380 e. The molecule has 0 spiro atoms. The van der Waals surface area contributed by atoms with Crippen LogP contribution >= 0.6 is 0 Å². The van der Waals surface area contributed by atoms with Gasteiger partial charge >= 0.3 is 0 Å². The van der Waals surface area contributed by atoms with Gasteiger partial charge in [-0.15, -0.1) is 0 Å². The quantitative estimate of drug-likeness (QED) is 0.733. The fourth-order valence-electron chi connectivity index (χ4n) is 2.75. The van der Waals surface area contributed by atoms with Gasteiger partial charge in [-0.3, -0.25) is 0 Å². The van der Waals surface area contributed by atoms with Crippen LogP contribution in [0.3, 0.4) is 0 Å². The van der Waals surface area contributed by atoms with E-state index in [-0.39, 0.29) is 0 Å². The van der Waals surface area contributed by atoms with E-state index >= 15 is 0 Å². The predicted molar refractivity (Wildman–Crippen MR) is 58.4 cm³/mol. The predicted octanol–water partition coefficient (Wildman–Crippen LogP) is 2.33. The van der Waals surface area contributed by atoms with Crippen LogP contribution in [0.15, 0.2) is 0 Å². The molecule has 1 saturated carbocycles. The van der Waals surface area contributed by atoms with E-state index in [0.717, 1.165) is 13.2 Å². The van der Waals surface area contributed by atoms with E-state index in [2.05, 4.69) is 19.2 Å². The van der Waals surface area contributed by atoms with Crippen LogP contribution in [0, 0.1) is 5.41 Å². The Bertz CT molecular complexity index is 185. The molecule has 0 radical (unpaired) electrons. The maximum absolute atomic E-state index is 5.40. The van der Waals surface area contributed by atoms with Crippen LogP contribution in [0.25, 0.3) is 0 Å². The summed E-state index contributed by atoms with van der Waals surface area (Å²) >= 11 is 0. The normalized spacial score (nSPS) is 37.3. The first-order chi connectivity index (χ1) is 6.68. The zero-order valence-electron chi connectivity index (χ0n) is 9.51. The van der Waals surface area contributed by atoms with Gasteiger partial charge in [0, 0.05) is 18.7 Å². The van der Waals surface area contributed by atoms with Crippen LogP contribution in [0.5, 0.6) is 0 Å². The molecule has 2 unspecified atom stereocenters. The Labute approximate surface area is 87.4 Å². The summed E-state index contributed by atoms with van der Waals surface area (Å²) in [5, 5.41) is 3.78. The summed E-state index contributed by atoms with van der Waals surface area (Å²) in [6.07, 6.45) is 6.73. The first-order valence-corrected chi connectivity index (χ1v) is 6.02. The monoisotopic (exact) mass is 197 g/mol. The smallest absolute Gasteiger partial charge is 0.0620 e. The van der Waals surface area contributed by atoms with Crippen molar-refractivity contribution in [1.29, 1.82) is 0 Å². The second kappa shape index (κ2) is 4.19. The minimum absolute atomic E-state index is 0.487. The summed E-state index contributed by atoms with van der Waals surface area (Å²) in [5.41, 5.74) is 0.487. The van der Waals surface area contributed by atoms with Crippen LogP contribution in [-0.2, 0) is 4.74 Å². The molecular formula is C12H23NO. The molecule has 2 atom stereocenters. The minimum Gasteiger partial charge on any atom is -0.380 e. The lowest BCUT2D eigenvalue weighted by Gasteiger charge is -2.40. The van der Waals surface area contributed by atoms with Crippen molar-refractivity contribution in [3.8, 4) is 0 Å². The molecule has 0 bridgehead atoms. The van der Waals surface area contributed by atoms with Crippen LogP contribution < -0.4 is 5.32 Å². The van der Waals surface area contributed by atoms with Crippen molar-refractivity contribution in [2.75, 3.05) is 13.2 Å². The van der Waals surface area contributed by atoms with Crippen molar-refractivity contribution in [3.05, 3.63) is 0 Å². The molecule has 2 nitrogen and oxygen atoms in total. The molecule has 0 aromatic carbocycles. The molecule has 0 aromatic heterocycles. The van der Waals surface area contributed by atoms with E-state index in [0.29, 0.717) is 17.5 Å². The first kappa shape index (κ1) is 10.4. The Morgan fingerprint density at radius 3 is 2.71 bits per heavy atom. The van der Waals surface area contributed by atoms with Gasteiger partial charge in [0.1, 0.15) is 0 Å². The van der Waals surface area contributed by atoms with Gasteiger partial charge in [0.15, 0.2) is 0 Å². The Balaban J connectivity index is 1.88. The van der Waals surface area contributed by atoms with E-state index in [1.165, 1.54) is 32.1 Å². The van der Waals surface area contributed by atoms with Crippen molar-refractivity contribution >= 4 is 0 Å². The van der Waals surface area contributed by atoms with Gasteiger partial charge in [0.2, 0.25) is 0 Å². The zero-order chi connectivity index (χ0) is 10.0. The lowest BCUT2D eigenvalue weighted by Crippen LogP contribution is -2.48. The number of hydrogen-bond donors (Lipinski definition) is 1. The maximum atomic E-state index is 5.40. The highest BCUT2D eigenvalue weighted by Gasteiger charge is 2.33. The second-order valence-corrected chi connectivity index (χ2v) is 5.51. The first-order valence-electron chi connectivity index (χ1n) is 6.02. The molecule has 0 aromatic rings. The zero-order valence-corrected chi connectivity index (χ0v) is 9.51. The molecule has 1 aliphatic heterocycles. The third kappa shape index (κ3) is 2.29. The van der Waals surface area contributed by atoms with Crippen molar-refractivity contribution in [2.45, 2.75) is 58.0 Å². The Hall–Kier alpha value is -0.0800. The summed E-state index contributed by atoms with van der Waals surface area (Å²) in [6, 6.07) is 1.33. The average Bonchev–Trinajstić information content (AvgIpc) is 2.61. The lowest BCUT2D eigenvalue weighted by molar-refractivity contribution is 0.143. The molecule has 2 aliphatic rings. The van der Waals surface area contributed by atoms with Crippen molar-refractivity contribution < 1.29 is 4.74 Å². The molecule has 82 valence electrons. The number of hydrogen-bond acceptors (Lipinski definition) is 2. The average molecular weight is 197 g/mol. The van der Waals surface area contributed by atoms with Gasteiger partial charge in [-0.25, -0.2) is 0 Å². The van der Waals surface area contributed by atoms with E-state index in [1.54, 1.807) is 0 Å². The van der Waals surface area contributed by atoms with Gasteiger partial charge in [-0.2, -0.15) is 0 Å². The fraction of sp³-hybridized carbons (Fsp3) is 1.00. The van der Waals surface area contributed by atoms with Gasteiger partial charge in [0.25, 0.3) is 0 Å². The van der Waals surface area contributed by atoms with Crippen LogP contribution in [0.2, 0.25) is 0 Å². The molecule has 2 fully saturated rings. The molecule has 1 aliphatic carbocycles. The second-order valence-electron chi connectivity index (χ2n) is 5.51. The van der Waals surface area contributed by atoms with E-state index in [4.69, 9.17) is 4.74 Å². The van der Waals surface area contributed by atoms with Crippen molar-refractivity contribution in [3.63, 3.8) is 0 Å². The fourth-order valence-corrected chi connectivity index (χ4v) is 2.75. The summed E-state index contributed by atoms with van der Waals surface area (Å²) in [7, 11) is 0. The van der Waals surface area contributed by atoms with Gasteiger partial charge < -0.3 is 10.1 Å². The third-order valence-electron chi connectivity index (χ3n) is 3.87. The molecule has 0 amide bonds. The maximum Gasteiger partial charge on any atom is 0.0620 e. The summed E-state index contributed by atoms with van der Waals surface area (Å²) in [4.78, 5) is 0. The highest BCUT2D eigenvalue weighted by Crippen LogP contribution is 2.35. The molecular weight excluding hydrogens is 174 g/mol. The SMILES string of the molecule is CC1(C)CCCCC1NC1CCOC1. The highest BCUT2D eigenvalue weighted by molar-refractivity contribution is 4.90. The third-order valence-corrected chi connectivity index (χ3v) is 3.87. The Morgan fingerprint density at radius 1 is 1.21 bits per heavy atom. The summed E-state index contributed by atoms with van der Waals surface area (Å²) < 4.78 is 5.40. The van der Waals surface area contributed by atoms with Gasteiger partial charge in [0.05, 0.1) is 6.61 Å².